The Morgan fingerprint density at radius 3 is 1.04 bits per heavy atom. The summed E-state index contributed by atoms with van der Waals surface area (Å²) in [4.78, 5) is 45.9. The minimum absolute atomic E-state index is 0. The first-order valence-corrected chi connectivity index (χ1v) is 45.4. The standard InChI is InChI=1S/C28H28FNO5.C26H24FNO5.C21H20FIO5.C11H11IO3.C10H11FO3.C7H10BNO2.ClH.Li.H2O/c1-2-33-27(32)14-21-6-7-23(29)15-26(21)34-17-19-11-22-13-24(8-9-31)35-28(22)25(12-19)20-5-3-4-18(10-20)16-30;27-21-5-4-19(12-25(30)31)24(13-21)32-15-17-9-20-11-22(6-7-29)33-26(20)23(10-17)18-3-1-2-16(8-18)14-28;1-2-26-20(25)10-14-3-4-16(22)11-19(14)27-12-13-7-15-9-17(5-6-24)28-21(15)18(23)8-13;12-10-4-7(6-14)3-8-5-9(1-2-13)15-11(8)10;1-2-14-10(13)5-7-3-4-8(11)6-9(7)12;9-5-6-2-1-3-7(4-6)8(10)11;;;/h3-7,10-13,15,31H,2,8-9,14,16-17,30H2,1H3;1-5,8-11,13,29H,6-7,12,14-15,28H2,(H,30,31);3-4,7-9,11,24H,2,5-6,10,12H2,1H3;3-5,13-14H,1-2,6H2;3-4,6,12H,2,5H2,1H3;1-4,10-11H,5,9H2;1H;;1H2/q;;;;;;;+1;/p-1. The molecule has 0 aliphatic rings. The van der Waals surface area contributed by atoms with Crippen molar-refractivity contribution < 1.29 is 153 Å². The van der Waals surface area contributed by atoms with Crippen molar-refractivity contribution in [3.05, 3.63) is 333 Å². The summed E-state index contributed by atoms with van der Waals surface area (Å²) in [5.41, 5.74) is 32.2. The van der Waals surface area contributed by atoms with E-state index < -0.39 is 48.3 Å². The second kappa shape index (κ2) is 57.8. The van der Waals surface area contributed by atoms with E-state index in [0.717, 1.165) is 119 Å². The molecule has 0 radical (unpaired) electrons. The van der Waals surface area contributed by atoms with Gasteiger partial charge in [0.1, 0.15) is 111 Å². The number of hydrogen-bond donors (Lipinski definition) is 12. The number of rotatable bonds is 35. The molecule has 16 N–H and O–H groups in total. The Morgan fingerprint density at radius 2 is 0.698 bits per heavy atom. The van der Waals surface area contributed by atoms with Crippen molar-refractivity contribution in [2.24, 2.45) is 17.2 Å². The Kier molecular flexibility index (Phi) is 47.5. The Balaban J connectivity index is 0.000000236. The fourth-order valence-corrected chi connectivity index (χ4v) is 15.8. The molecule has 27 nitrogen and oxygen atoms in total. The molecule has 0 atom stereocenters. The van der Waals surface area contributed by atoms with Crippen LogP contribution in [0.2, 0.25) is 0 Å². The van der Waals surface area contributed by atoms with E-state index in [1.807, 2.05) is 127 Å². The zero-order chi connectivity index (χ0) is 97.9. The first kappa shape index (κ1) is 114. The number of carboxylic acid groups (broad SMARTS) is 1. The molecule has 730 valence electrons. The fourth-order valence-electron chi connectivity index (χ4n) is 14.2. The number of aliphatic carboxylic acids is 1. The third-order valence-corrected chi connectivity index (χ3v) is 22.0. The second-order valence-electron chi connectivity index (χ2n) is 30.6. The average molecular weight is 2150 g/mol. The number of benzene rings is 11. The number of carbonyl (C=O) groups excluding carboxylic acids is 3. The van der Waals surface area contributed by atoms with Gasteiger partial charge in [0.25, 0.3) is 0 Å². The molecule has 139 heavy (non-hydrogen) atoms. The van der Waals surface area contributed by atoms with Gasteiger partial charge in [-0.1, -0.05) is 84.9 Å². The number of carboxylic acids is 1. The van der Waals surface area contributed by atoms with Crippen LogP contribution in [0.1, 0.15) is 105 Å². The van der Waals surface area contributed by atoms with Gasteiger partial charge in [-0.2, -0.15) is 0 Å². The van der Waals surface area contributed by atoms with Crippen molar-refractivity contribution in [3.8, 4) is 45.3 Å². The first-order valence-electron chi connectivity index (χ1n) is 43.3. The van der Waals surface area contributed by atoms with Gasteiger partial charge in [0.2, 0.25) is 0 Å². The number of ether oxygens (including phenoxy) is 6. The van der Waals surface area contributed by atoms with Crippen LogP contribution < -0.4 is 55.7 Å². The van der Waals surface area contributed by atoms with E-state index in [1.165, 1.54) is 66.7 Å². The molecule has 36 heteroatoms. The van der Waals surface area contributed by atoms with Crippen LogP contribution in [0.15, 0.2) is 236 Å². The number of furan rings is 4. The first-order chi connectivity index (χ1) is 65.6. The van der Waals surface area contributed by atoms with Crippen LogP contribution in [0, 0.1) is 30.4 Å². The van der Waals surface area contributed by atoms with Crippen LogP contribution in [-0.4, -0.2) is 129 Å². The molecule has 4 heterocycles. The number of phenols is 1. The number of aromatic hydroxyl groups is 1. The molecular formula is C103H106BClF4I2LiN3O24. The van der Waals surface area contributed by atoms with Crippen molar-refractivity contribution in [1.29, 1.82) is 0 Å². The van der Waals surface area contributed by atoms with E-state index in [0.29, 0.717) is 108 Å². The summed E-state index contributed by atoms with van der Waals surface area (Å²) in [7, 11) is -1.40. The third-order valence-electron chi connectivity index (χ3n) is 20.4. The third kappa shape index (κ3) is 34.4. The predicted molar refractivity (Wildman–Crippen MR) is 532 cm³/mol. The van der Waals surface area contributed by atoms with Gasteiger partial charge in [0.15, 0.2) is 0 Å². The Bertz CT molecular complexity index is 6560. The molecule has 11 aromatic carbocycles. The van der Waals surface area contributed by atoms with Gasteiger partial charge in [-0.25, -0.2) is 17.6 Å². The van der Waals surface area contributed by atoms with Crippen LogP contribution in [0.5, 0.6) is 23.0 Å². The fraction of sp³-hybridized carbons (Fsp3) is 0.243. The van der Waals surface area contributed by atoms with E-state index >= 15 is 0 Å². The van der Waals surface area contributed by atoms with Crippen LogP contribution in [0.3, 0.4) is 0 Å². The summed E-state index contributed by atoms with van der Waals surface area (Å²) in [6, 6.07) is 61.2. The van der Waals surface area contributed by atoms with Crippen molar-refractivity contribution in [3.63, 3.8) is 0 Å². The number of phenolic OH excluding ortho intramolecular Hbond substituents is 1. The van der Waals surface area contributed by atoms with Crippen LogP contribution in [0.4, 0.5) is 17.6 Å². The minimum atomic E-state index is -1.40. The summed E-state index contributed by atoms with van der Waals surface area (Å²) in [5, 5.41) is 85.1. The van der Waals surface area contributed by atoms with Crippen LogP contribution in [-0.2, 0) is 131 Å². The summed E-state index contributed by atoms with van der Waals surface area (Å²) >= 11 is 4.37. The predicted octanol–water partition coefficient (Wildman–Crippen LogP) is 13.5. The SMILES string of the molecule is CCOC(=O)Cc1ccc(F)cc1O.CCOC(=O)Cc1ccc(F)cc1OCc1cc(-c2cccc(CN)c2)c2oc(CCO)cc2c1.CCOC(=O)Cc1ccc(F)cc1OCc1cc(I)c2oc(CCO)cc2c1.Cl.NCc1cccc(-c2cc(COc3cc(F)ccc3CC(=O)O)cc3cc(CCO)oc23)c1.NCc1cccc(B(O)O)c1.OCCc1cc2cc(CO)cc(I)c2o1.[Li+].[OH-]. The molecule has 4 aromatic heterocycles. The molecule has 0 fully saturated rings. The number of esters is 3. The Morgan fingerprint density at radius 1 is 0.381 bits per heavy atom. The van der Waals surface area contributed by atoms with E-state index in [9.17, 15) is 52.1 Å². The average Bonchev–Trinajstić information content (AvgIpc) is 1.64. The zero-order valence-corrected chi connectivity index (χ0v) is 81.6. The number of hydrogen-bond acceptors (Lipinski definition) is 26. The number of aliphatic hydroxyl groups excluding tert-OH is 5. The summed E-state index contributed by atoms with van der Waals surface area (Å²) in [6.45, 7) is 7.82. The molecule has 15 aromatic rings. The maximum atomic E-state index is 14.0. The number of aliphatic hydroxyl groups is 5. The zero-order valence-electron chi connectivity index (χ0n) is 76.5. The van der Waals surface area contributed by atoms with Crippen LogP contribution >= 0.6 is 57.6 Å². The molecule has 15 rings (SSSR count). The molecule has 0 spiro atoms. The van der Waals surface area contributed by atoms with Crippen molar-refractivity contribution in [1.82, 2.24) is 0 Å². The monoisotopic (exact) mass is 2150 g/mol. The topological polar surface area (TPSA) is 466 Å². The maximum Gasteiger partial charge on any atom is 1.00 e. The van der Waals surface area contributed by atoms with Gasteiger partial charge in [0, 0.05) is 125 Å². The van der Waals surface area contributed by atoms with Gasteiger partial charge >= 0.3 is 49.9 Å². The number of nitrogens with two attached hydrogens (primary N) is 3. The summed E-state index contributed by atoms with van der Waals surface area (Å²) in [6.07, 6.45) is 1.49. The second-order valence-corrected chi connectivity index (χ2v) is 32.9. The normalized spacial score (nSPS) is 10.6. The largest absolute Gasteiger partial charge is 1.00 e. The van der Waals surface area contributed by atoms with E-state index in [2.05, 4.69) is 49.9 Å². The van der Waals surface area contributed by atoms with Gasteiger partial charge in [-0.15, -0.1) is 12.4 Å². The molecule has 0 saturated heterocycles. The Labute approximate surface area is 844 Å². The van der Waals surface area contributed by atoms with Crippen molar-refractivity contribution in [2.75, 3.05) is 46.2 Å². The van der Waals surface area contributed by atoms with Gasteiger partial charge in [-0.05, 0) is 231 Å². The minimum Gasteiger partial charge on any atom is -0.870 e. The Hall–Kier alpha value is -11.6. The van der Waals surface area contributed by atoms with Gasteiger partial charge in [-0.3, -0.25) is 19.2 Å². The van der Waals surface area contributed by atoms with E-state index in [1.54, 1.807) is 39.0 Å². The number of carbonyl (C=O) groups is 4. The van der Waals surface area contributed by atoms with Gasteiger partial charge < -0.3 is 115 Å². The van der Waals surface area contributed by atoms with Crippen molar-refractivity contribution >= 4 is 138 Å². The maximum absolute atomic E-state index is 14.0. The van der Waals surface area contributed by atoms with E-state index in [-0.39, 0.29) is 152 Å². The molecule has 0 unspecified atom stereocenters. The molecule has 0 saturated carbocycles. The number of halogens is 7. The summed E-state index contributed by atoms with van der Waals surface area (Å²) in [5.74, 6) is -0.754. The van der Waals surface area contributed by atoms with Crippen LogP contribution in [0.25, 0.3) is 66.1 Å². The quantitative estimate of drug-likeness (QED) is 0.00577. The molecule has 0 amide bonds. The van der Waals surface area contributed by atoms with E-state index in [4.69, 9.17) is 89.0 Å². The molecule has 0 bridgehead atoms. The molecule has 0 aliphatic heterocycles. The smallest absolute Gasteiger partial charge is 0.870 e. The summed E-state index contributed by atoms with van der Waals surface area (Å²) < 4.78 is 112. The molecule has 0 aliphatic carbocycles. The number of fused-ring (bicyclic) bond motifs is 4. The molecular weight excluding hydrogens is 2050 g/mol. The van der Waals surface area contributed by atoms with Gasteiger partial charge in [0.05, 0.1) is 85.7 Å². The van der Waals surface area contributed by atoms with Crippen molar-refractivity contribution in [2.45, 2.75) is 118 Å².